The Labute approximate surface area is 100 Å². The molecule has 1 aromatic rings. The number of benzene rings is 1. The lowest BCUT2D eigenvalue weighted by molar-refractivity contribution is -0.153. The van der Waals surface area contributed by atoms with Crippen LogP contribution in [0.2, 0.25) is 0 Å². The van der Waals surface area contributed by atoms with Gasteiger partial charge in [-0.15, -0.1) is 0 Å². The van der Waals surface area contributed by atoms with E-state index >= 15 is 0 Å². The maximum Gasteiger partial charge on any atom is 0.311 e. The minimum Gasteiger partial charge on any atom is -0.469 e. The van der Waals surface area contributed by atoms with Gasteiger partial charge in [0, 0.05) is 6.42 Å². The Hall–Kier alpha value is -1.42. The lowest BCUT2D eigenvalue weighted by Crippen LogP contribution is -2.40. The number of ether oxygens (including phenoxy) is 1. The highest BCUT2D eigenvalue weighted by Crippen LogP contribution is 2.24. The van der Waals surface area contributed by atoms with Gasteiger partial charge in [-0.3, -0.25) is 4.79 Å². The lowest BCUT2D eigenvalue weighted by Gasteiger charge is -2.28. The van der Waals surface area contributed by atoms with E-state index in [-0.39, 0.29) is 12.2 Å². The molecule has 94 valence electrons. The second kappa shape index (κ2) is 5.27. The van der Waals surface area contributed by atoms with Crippen LogP contribution in [0.15, 0.2) is 24.3 Å². The van der Waals surface area contributed by atoms with Crippen LogP contribution in [0.4, 0.5) is 4.39 Å². The van der Waals surface area contributed by atoms with Crippen molar-refractivity contribution in [3.63, 3.8) is 0 Å². The number of aliphatic hydroxyl groups is 1. The van der Waals surface area contributed by atoms with E-state index in [1.807, 2.05) is 0 Å². The monoisotopic (exact) mass is 240 g/mol. The van der Waals surface area contributed by atoms with Crippen molar-refractivity contribution >= 4 is 5.97 Å². The summed E-state index contributed by atoms with van der Waals surface area (Å²) >= 11 is 0. The minimum absolute atomic E-state index is 0.0654. The standard InChI is InChI=1S/C13H17FO3/c1-9(12(15)17-3)13(2,16)8-10-6-4-5-7-11(10)14/h4-7,9,16H,8H2,1-3H3. The molecule has 2 unspecified atom stereocenters. The Kier molecular flexibility index (Phi) is 4.23. The van der Waals surface area contributed by atoms with E-state index in [9.17, 15) is 14.3 Å². The zero-order valence-electron chi connectivity index (χ0n) is 10.2. The van der Waals surface area contributed by atoms with Crippen molar-refractivity contribution < 1.29 is 19.0 Å². The van der Waals surface area contributed by atoms with E-state index in [1.165, 1.54) is 20.1 Å². The number of esters is 1. The molecule has 0 fully saturated rings. The molecule has 0 spiro atoms. The van der Waals surface area contributed by atoms with Gasteiger partial charge in [0.15, 0.2) is 0 Å². The fourth-order valence-corrected chi connectivity index (χ4v) is 1.61. The number of carbonyl (C=O) groups excluding carboxylic acids is 1. The highest BCUT2D eigenvalue weighted by atomic mass is 19.1. The third-order valence-electron chi connectivity index (χ3n) is 2.99. The first kappa shape index (κ1) is 13.6. The van der Waals surface area contributed by atoms with Crippen molar-refractivity contribution in [2.24, 2.45) is 5.92 Å². The zero-order chi connectivity index (χ0) is 13.1. The Bertz CT molecular complexity index is 401. The quantitative estimate of drug-likeness (QED) is 0.818. The first-order chi connectivity index (χ1) is 7.88. The number of hydrogen-bond acceptors (Lipinski definition) is 3. The third kappa shape index (κ3) is 3.27. The Morgan fingerprint density at radius 1 is 1.53 bits per heavy atom. The van der Waals surface area contributed by atoms with E-state index in [1.54, 1.807) is 25.1 Å². The van der Waals surface area contributed by atoms with E-state index in [0.717, 1.165) is 0 Å². The van der Waals surface area contributed by atoms with Gasteiger partial charge in [0.1, 0.15) is 5.82 Å². The molecule has 0 amide bonds. The second-order valence-corrected chi connectivity index (χ2v) is 4.37. The molecule has 1 N–H and O–H groups in total. The lowest BCUT2D eigenvalue weighted by atomic mass is 9.85. The van der Waals surface area contributed by atoms with Crippen molar-refractivity contribution in [2.75, 3.05) is 7.11 Å². The molecule has 0 aliphatic rings. The summed E-state index contributed by atoms with van der Waals surface area (Å²) in [7, 11) is 1.26. The highest BCUT2D eigenvalue weighted by Gasteiger charge is 2.35. The normalized spacial score (nSPS) is 16.1. The third-order valence-corrected chi connectivity index (χ3v) is 2.99. The molecule has 0 aliphatic carbocycles. The molecule has 17 heavy (non-hydrogen) atoms. The van der Waals surface area contributed by atoms with Gasteiger partial charge < -0.3 is 9.84 Å². The van der Waals surface area contributed by atoms with Crippen LogP contribution in [0.25, 0.3) is 0 Å². The predicted octanol–water partition coefficient (Wildman–Crippen LogP) is 1.93. The summed E-state index contributed by atoms with van der Waals surface area (Å²) < 4.78 is 18.0. The highest BCUT2D eigenvalue weighted by molar-refractivity contribution is 5.73. The maximum atomic E-state index is 13.4. The van der Waals surface area contributed by atoms with Crippen LogP contribution in [0.3, 0.4) is 0 Å². The van der Waals surface area contributed by atoms with Crippen molar-refractivity contribution in [1.82, 2.24) is 0 Å². The summed E-state index contributed by atoms with van der Waals surface area (Å²) in [6.45, 7) is 3.06. The molecule has 4 heteroatoms. The molecular weight excluding hydrogens is 223 g/mol. The van der Waals surface area contributed by atoms with E-state index < -0.39 is 17.5 Å². The number of halogens is 1. The minimum atomic E-state index is -1.34. The molecule has 3 nitrogen and oxygen atoms in total. The summed E-state index contributed by atoms with van der Waals surface area (Å²) in [5, 5.41) is 10.2. The van der Waals surface area contributed by atoms with Gasteiger partial charge in [-0.2, -0.15) is 0 Å². The van der Waals surface area contributed by atoms with Gasteiger partial charge in [0.05, 0.1) is 18.6 Å². The summed E-state index contributed by atoms with van der Waals surface area (Å²) in [6.07, 6.45) is 0.0654. The zero-order valence-corrected chi connectivity index (χ0v) is 10.2. The van der Waals surface area contributed by atoms with Crippen LogP contribution < -0.4 is 0 Å². The second-order valence-electron chi connectivity index (χ2n) is 4.37. The van der Waals surface area contributed by atoms with Crippen molar-refractivity contribution in [2.45, 2.75) is 25.9 Å². The molecule has 0 aliphatic heterocycles. The van der Waals surface area contributed by atoms with Crippen LogP contribution >= 0.6 is 0 Å². The number of carbonyl (C=O) groups is 1. The van der Waals surface area contributed by atoms with E-state index in [4.69, 9.17) is 0 Å². The molecule has 2 atom stereocenters. The Morgan fingerprint density at radius 2 is 2.12 bits per heavy atom. The average Bonchev–Trinajstić information content (AvgIpc) is 2.30. The first-order valence-corrected chi connectivity index (χ1v) is 5.42. The van der Waals surface area contributed by atoms with Crippen LogP contribution in [-0.4, -0.2) is 23.8 Å². The topological polar surface area (TPSA) is 46.5 Å². The van der Waals surface area contributed by atoms with Gasteiger partial charge in [0.2, 0.25) is 0 Å². The average molecular weight is 240 g/mol. The SMILES string of the molecule is COC(=O)C(C)C(C)(O)Cc1ccccc1F. The first-order valence-electron chi connectivity index (χ1n) is 5.42. The Morgan fingerprint density at radius 3 is 2.65 bits per heavy atom. The fraction of sp³-hybridized carbons (Fsp3) is 0.462. The fourth-order valence-electron chi connectivity index (χ4n) is 1.61. The van der Waals surface area contributed by atoms with Gasteiger partial charge in [-0.1, -0.05) is 18.2 Å². The molecule has 0 heterocycles. The van der Waals surface area contributed by atoms with Crippen molar-refractivity contribution in [3.05, 3.63) is 35.6 Å². The predicted molar refractivity (Wildman–Crippen MR) is 61.9 cm³/mol. The summed E-state index contributed by atoms with van der Waals surface area (Å²) in [4.78, 5) is 11.4. The van der Waals surface area contributed by atoms with Gasteiger partial charge in [0.25, 0.3) is 0 Å². The van der Waals surface area contributed by atoms with Crippen LogP contribution in [-0.2, 0) is 16.0 Å². The molecule has 0 radical (unpaired) electrons. The Balaban J connectivity index is 2.86. The molecule has 1 rings (SSSR count). The molecule has 0 aromatic heterocycles. The molecule has 0 bridgehead atoms. The van der Waals surface area contributed by atoms with E-state index in [2.05, 4.69) is 4.74 Å². The molecular formula is C13H17FO3. The summed E-state index contributed by atoms with van der Waals surface area (Å²) in [5.74, 6) is -1.61. The smallest absolute Gasteiger partial charge is 0.311 e. The number of rotatable bonds is 4. The molecule has 1 aromatic carbocycles. The number of methoxy groups -OCH3 is 1. The maximum absolute atomic E-state index is 13.4. The van der Waals surface area contributed by atoms with Gasteiger partial charge >= 0.3 is 5.97 Å². The summed E-state index contributed by atoms with van der Waals surface area (Å²) in [6, 6.07) is 6.19. The molecule has 0 saturated carbocycles. The summed E-state index contributed by atoms with van der Waals surface area (Å²) in [5.41, 5.74) is -0.955. The van der Waals surface area contributed by atoms with Crippen molar-refractivity contribution in [3.8, 4) is 0 Å². The van der Waals surface area contributed by atoms with E-state index in [0.29, 0.717) is 5.56 Å². The van der Waals surface area contributed by atoms with Crippen LogP contribution in [0, 0.1) is 11.7 Å². The van der Waals surface area contributed by atoms with Crippen LogP contribution in [0.1, 0.15) is 19.4 Å². The van der Waals surface area contributed by atoms with Crippen LogP contribution in [0.5, 0.6) is 0 Å². The number of hydrogen-bond donors (Lipinski definition) is 1. The largest absolute Gasteiger partial charge is 0.469 e. The molecule has 0 saturated heterocycles. The van der Waals surface area contributed by atoms with Crippen molar-refractivity contribution in [1.29, 1.82) is 0 Å². The van der Waals surface area contributed by atoms with Gasteiger partial charge in [-0.05, 0) is 25.5 Å². The van der Waals surface area contributed by atoms with Gasteiger partial charge in [-0.25, -0.2) is 4.39 Å².